The standard InChI is InChI=1S/C15H18O5/c1-9-6-10-8-20-15(19-3)5-4-11(16)14(7-9,12(10)15)13(17)18-2/h4-6,10,12H,7-8H2,1-3H3/t10-,12+,14-,15-/m1/s1. The Morgan fingerprint density at radius 3 is 2.85 bits per heavy atom. The van der Waals surface area contributed by atoms with E-state index >= 15 is 0 Å². The van der Waals surface area contributed by atoms with Gasteiger partial charge in [-0.1, -0.05) is 11.6 Å². The van der Waals surface area contributed by atoms with Gasteiger partial charge in [0.25, 0.3) is 0 Å². The lowest BCUT2D eigenvalue weighted by molar-refractivity contribution is -0.212. The van der Waals surface area contributed by atoms with Gasteiger partial charge in [-0.3, -0.25) is 9.59 Å². The Labute approximate surface area is 117 Å². The Morgan fingerprint density at radius 2 is 2.20 bits per heavy atom. The summed E-state index contributed by atoms with van der Waals surface area (Å²) in [5.74, 6) is -2.11. The molecule has 0 spiro atoms. The molecule has 1 saturated heterocycles. The van der Waals surface area contributed by atoms with E-state index in [4.69, 9.17) is 14.2 Å². The zero-order chi connectivity index (χ0) is 14.5. The van der Waals surface area contributed by atoms with Crippen molar-refractivity contribution in [1.29, 1.82) is 0 Å². The molecule has 0 aromatic rings. The molecular formula is C15H18O5. The van der Waals surface area contributed by atoms with Gasteiger partial charge in [-0.05, 0) is 25.5 Å². The maximum absolute atomic E-state index is 12.5. The Morgan fingerprint density at radius 1 is 1.45 bits per heavy atom. The van der Waals surface area contributed by atoms with Crippen LogP contribution < -0.4 is 0 Å². The molecule has 0 N–H and O–H groups in total. The van der Waals surface area contributed by atoms with Gasteiger partial charge in [0.15, 0.2) is 11.6 Å². The minimum absolute atomic E-state index is 0.0169. The second-order valence-electron chi connectivity index (χ2n) is 5.73. The van der Waals surface area contributed by atoms with E-state index in [2.05, 4.69) is 6.08 Å². The highest BCUT2D eigenvalue weighted by Gasteiger charge is 2.68. The Hall–Kier alpha value is -1.46. The van der Waals surface area contributed by atoms with E-state index in [1.807, 2.05) is 6.92 Å². The molecule has 0 radical (unpaired) electrons. The molecule has 5 heteroatoms. The fourth-order valence-corrected chi connectivity index (χ4v) is 4.01. The number of carbonyl (C=O) groups excluding carboxylic acids is 2. The predicted octanol–water partition coefficient (Wildman–Crippen LogP) is 1.24. The molecule has 3 rings (SSSR count). The topological polar surface area (TPSA) is 61.8 Å². The van der Waals surface area contributed by atoms with E-state index in [1.54, 1.807) is 6.08 Å². The molecule has 1 fully saturated rings. The number of allylic oxidation sites excluding steroid dienone is 2. The largest absolute Gasteiger partial charge is 0.468 e. The van der Waals surface area contributed by atoms with Crippen molar-refractivity contribution >= 4 is 11.8 Å². The number of rotatable bonds is 2. The summed E-state index contributed by atoms with van der Waals surface area (Å²) < 4.78 is 16.3. The van der Waals surface area contributed by atoms with Gasteiger partial charge in [0, 0.05) is 18.9 Å². The summed E-state index contributed by atoms with van der Waals surface area (Å²) in [4.78, 5) is 25.0. The first-order valence-electron chi connectivity index (χ1n) is 6.68. The van der Waals surface area contributed by atoms with Crippen molar-refractivity contribution < 1.29 is 23.8 Å². The molecule has 0 amide bonds. The van der Waals surface area contributed by atoms with Gasteiger partial charge in [0.2, 0.25) is 0 Å². The predicted molar refractivity (Wildman–Crippen MR) is 69.6 cm³/mol. The maximum Gasteiger partial charge on any atom is 0.320 e. The second-order valence-corrected chi connectivity index (χ2v) is 5.73. The van der Waals surface area contributed by atoms with Crippen molar-refractivity contribution in [2.24, 2.45) is 17.3 Å². The van der Waals surface area contributed by atoms with Gasteiger partial charge in [-0.25, -0.2) is 0 Å². The average molecular weight is 278 g/mol. The molecule has 1 aliphatic heterocycles. The maximum atomic E-state index is 12.5. The van der Waals surface area contributed by atoms with E-state index in [1.165, 1.54) is 20.3 Å². The van der Waals surface area contributed by atoms with Crippen LogP contribution in [0.5, 0.6) is 0 Å². The zero-order valence-electron chi connectivity index (χ0n) is 11.8. The molecule has 0 aromatic heterocycles. The normalized spacial score (nSPS) is 42.1. The minimum atomic E-state index is -1.22. The van der Waals surface area contributed by atoms with Crippen LogP contribution in [-0.4, -0.2) is 38.4 Å². The van der Waals surface area contributed by atoms with Crippen LogP contribution in [0.3, 0.4) is 0 Å². The number of ketones is 1. The van der Waals surface area contributed by atoms with Gasteiger partial charge in [0.05, 0.1) is 13.7 Å². The number of esters is 1. The highest BCUT2D eigenvalue weighted by Crippen LogP contribution is 2.57. The van der Waals surface area contributed by atoms with Crippen molar-refractivity contribution in [3.05, 3.63) is 23.8 Å². The highest BCUT2D eigenvalue weighted by molar-refractivity contribution is 6.11. The van der Waals surface area contributed by atoms with Crippen molar-refractivity contribution in [2.45, 2.75) is 19.1 Å². The summed E-state index contributed by atoms with van der Waals surface area (Å²) in [6, 6.07) is 0. The van der Waals surface area contributed by atoms with Crippen LogP contribution >= 0.6 is 0 Å². The first-order valence-corrected chi connectivity index (χ1v) is 6.68. The lowest BCUT2D eigenvalue weighted by Gasteiger charge is -2.47. The summed E-state index contributed by atoms with van der Waals surface area (Å²) in [6.07, 6.45) is 5.48. The Kier molecular flexibility index (Phi) is 2.88. The highest BCUT2D eigenvalue weighted by atomic mass is 16.7. The molecule has 5 nitrogen and oxygen atoms in total. The monoisotopic (exact) mass is 278 g/mol. The van der Waals surface area contributed by atoms with Crippen LogP contribution in [0.15, 0.2) is 23.8 Å². The van der Waals surface area contributed by atoms with Crippen molar-refractivity contribution in [3.63, 3.8) is 0 Å². The zero-order valence-corrected chi connectivity index (χ0v) is 11.8. The van der Waals surface area contributed by atoms with Crippen LogP contribution in [0.2, 0.25) is 0 Å². The molecule has 3 aliphatic rings. The molecule has 0 aromatic carbocycles. The summed E-state index contributed by atoms with van der Waals surface area (Å²) >= 11 is 0. The lowest BCUT2D eigenvalue weighted by atomic mass is 9.56. The van der Waals surface area contributed by atoms with E-state index in [0.717, 1.165) is 5.57 Å². The molecule has 4 atom stereocenters. The van der Waals surface area contributed by atoms with E-state index in [9.17, 15) is 9.59 Å². The van der Waals surface area contributed by atoms with E-state index in [0.29, 0.717) is 13.0 Å². The summed E-state index contributed by atoms with van der Waals surface area (Å²) in [5.41, 5.74) is -0.213. The first-order chi connectivity index (χ1) is 9.50. The fraction of sp³-hybridized carbons (Fsp3) is 0.600. The molecule has 0 unspecified atom stereocenters. The number of carbonyl (C=O) groups is 2. The van der Waals surface area contributed by atoms with Crippen molar-refractivity contribution in [1.82, 2.24) is 0 Å². The number of hydrogen-bond acceptors (Lipinski definition) is 5. The minimum Gasteiger partial charge on any atom is -0.468 e. The van der Waals surface area contributed by atoms with Crippen molar-refractivity contribution in [3.8, 4) is 0 Å². The summed E-state index contributed by atoms with van der Waals surface area (Å²) in [5, 5.41) is 0. The van der Waals surface area contributed by atoms with Gasteiger partial charge < -0.3 is 14.2 Å². The molecule has 1 heterocycles. The first kappa shape index (κ1) is 13.5. The van der Waals surface area contributed by atoms with Crippen LogP contribution in [-0.2, 0) is 23.8 Å². The van der Waals surface area contributed by atoms with Crippen LogP contribution in [0.25, 0.3) is 0 Å². The quantitative estimate of drug-likeness (QED) is 0.432. The third kappa shape index (κ3) is 1.45. The molecule has 2 aliphatic carbocycles. The molecule has 0 saturated carbocycles. The SMILES string of the molecule is COC(=O)[C@]12CC(C)=C[C@@H]3CO[C@](OC)(C=CC1=O)[C@@H]32. The van der Waals surface area contributed by atoms with Crippen LogP contribution in [0, 0.1) is 17.3 Å². The fourth-order valence-electron chi connectivity index (χ4n) is 4.01. The number of hydrogen-bond donors (Lipinski definition) is 0. The summed E-state index contributed by atoms with van der Waals surface area (Å²) in [7, 11) is 2.85. The third-order valence-electron chi connectivity index (χ3n) is 4.73. The van der Waals surface area contributed by atoms with E-state index in [-0.39, 0.29) is 17.6 Å². The molecule has 0 bridgehead atoms. The van der Waals surface area contributed by atoms with Gasteiger partial charge in [-0.15, -0.1) is 0 Å². The van der Waals surface area contributed by atoms with Gasteiger partial charge >= 0.3 is 5.97 Å². The number of ether oxygens (including phenoxy) is 3. The Bertz CT molecular complexity index is 534. The van der Waals surface area contributed by atoms with Gasteiger partial charge in [0.1, 0.15) is 5.41 Å². The van der Waals surface area contributed by atoms with Gasteiger partial charge in [-0.2, -0.15) is 0 Å². The molecule has 20 heavy (non-hydrogen) atoms. The Balaban J connectivity index is 2.23. The summed E-state index contributed by atoms with van der Waals surface area (Å²) in [6.45, 7) is 2.37. The van der Waals surface area contributed by atoms with Crippen LogP contribution in [0.4, 0.5) is 0 Å². The number of methoxy groups -OCH3 is 2. The average Bonchev–Trinajstić information content (AvgIpc) is 2.82. The van der Waals surface area contributed by atoms with Crippen LogP contribution in [0.1, 0.15) is 13.3 Å². The smallest absolute Gasteiger partial charge is 0.320 e. The molecule has 108 valence electrons. The second kappa shape index (κ2) is 4.27. The lowest BCUT2D eigenvalue weighted by Crippen LogP contribution is -2.59. The van der Waals surface area contributed by atoms with E-state index < -0.39 is 17.2 Å². The third-order valence-corrected chi connectivity index (χ3v) is 4.73. The molecular weight excluding hydrogens is 260 g/mol. The van der Waals surface area contributed by atoms with Crippen molar-refractivity contribution in [2.75, 3.05) is 20.8 Å².